The van der Waals surface area contributed by atoms with E-state index in [1.165, 1.54) is 0 Å². The van der Waals surface area contributed by atoms with Crippen molar-refractivity contribution in [3.63, 3.8) is 0 Å². The summed E-state index contributed by atoms with van der Waals surface area (Å²) in [4.78, 5) is 33.9. The minimum absolute atomic E-state index is 0.0200. The van der Waals surface area contributed by atoms with Crippen LogP contribution in [0.3, 0.4) is 0 Å². The Bertz CT molecular complexity index is 1110. The topological polar surface area (TPSA) is 67.7 Å². The molecule has 1 aromatic heterocycles. The van der Waals surface area contributed by atoms with Gasteiger partial charge in [0.05, 0.1) is 13.2 Å². The van der Waals surface area contributed by atoms with Crippen molar-refractivity contribution in [2.24, 2.45) is 0 Å². The van der Waals surface area contributed by atoms with Crippen LogP contribution >= 0.6 is 0 Å². The molecule has 0 radical (unpaired) electrons. The fraction of sp³-hybridized carbons (Fsp3) is 0.320. The van der Waals surface area contributed by atoms with Gasteiger partial charge < -0.3 is 19.1 Å². The number of aromatic nitrogens is 2. The Kier molecular flexibility index (Phi) is 6.25. The van der Waals surface area contributed by atoms with E-state index in [4.69, 9.17) is 4.74 Å². The van der Waals surface area contributed by atoms with Crippen molar-refractivity contribution in [1.82, 2.24) is 19.4 Å². The first-order valence-electron chi connectivity index (χ1n) is 10.7. The maximum absolute atomic E-state index is 13.8. The molecule has 1 aliphatic rings. The average molecular weight is 433 g/mol. The van der Waals surface area contributed by atoms with Crippen LogP contribution in [0.2, 0.25) is 0 Å². The molecule has 0 N–H and O–H groups in total. The third-order valence-electron chi connectivity index (χ3n) is 6.10. The van der Waals surface area contributed by atoms with Crippen molar-refractivity contribution >= 4 is 11.8 Å². The van der Waals surface area contributed by atoms with E-state index in [2.05, 4.69) is 4.98 Å². The van der Waals surface area contributed by atoms with E-state index in [0.29, 0.717) is 31.7 Å². The monoisotopic (exact) mass is 432 g/mol. The van der Waals surface area contributed by atoms with E-state index in [9.17, 15) is 9.59 Å². The number of nitrogens with zero attached hydrogens (tertiary/aromatic N) is 4. The first kappa shape index (κ1) is 21.6. The van der Waals surface area contributed by atoms with Gasteiger partial charge in [-0.2, -0.15) is 0 Å². The Labute approximate surface area is 188 Å². The molecule has 2 amide bonds. The summed E-state index contributed by atoms with van der Waals surface area (Å²) in [7, 11) is 1.63. The normalized spacial score (nSPS) is 16.2. The van der Waals surface area contributed by atoms with Gasteiger partial charge in [-0.05, 0) is 36.2 Å². The highest BCUT2D eigenvalue weighted by Gasteiger charge is 2.33. The number of piperazine rings is 1. The summed E-state index contributed by atoms with van der Waals surface area (Å²) >= 11 is 0. The zero-order valence-corrected chi connectivity index (χ0v) is 18.7. The molecule has 1 aliphatic heterocycles. The maximum Gasteiger partial charge on any atom is 0.254 e. The molecule has 1 unspecified atom stereocenters. The lowest BCUT2D eigenvalue weighted by molar-refractivity contribution is -0.131. The number of hydrogen-bond donors (Lipinski definition) is 0. The molecular weight excluding hydrogens is 404 g/mol. The fourth-order valence-corrected chi connectivity index (χ4v) is 4.20. The number of aryl methyl sites for hydroxylation is 1. The quantitative estimate of drug-likeness (QED) is 0.621. The summed E-state index contributed by atoms with van der Waals surface area (Å²) in [6.07, 6.45) is 3.68. The van der Waals surface area contributed by atoms with Gasteiger partial charge >= 0.3 is 0 Å². The highest BCUT2D eigenvalue weighted by atomic mass is 16.5. The molecule has 1 atom stereocenters. The van der Waals surface area contributed by atoms with Gasteiger partial charge in [-0.1, -0.05) is 30.3 Å². The number of amides is 2. The lowest BCUT2D eigenvalue weighted by Gasteiger charge is -2.41. The highest BCUT2D eigenvalue weighted by Crippen LogP contribution is 2.29. The number of methoxy groups -OCH3 is 1. The molecule has 0 aliphatic carbocycles. The van der Waals surface area contributed by atoms with Crippen LogP contribution in [0.25, 0.3) is 0 Å². The molecule has 0 saturated carbocycles. The molecule has 1 fully saturated rings. The van der Waals surface area contributed by atoms with Crippen molar-refractivity contribution in [1.29, 1.82) is 0 Å². The Hall–Kier alpha value is -3.61. The number of carbonyl (C=O) groups excluding carboxylic acids is 2. The second kappa shape index (κ2) is 9.26. The van der Waals surface area contributed by atoms with E-state index in [1.807, 2.05) is 71.1 Å². The predicted molar refractivity (Wildman–Crippen MR) is 122 cm³/mol. The SMILES string of the molecule is COc1ccc(C2CN(C(C)=O)CCN2C(=O)c2ccccc2Cn2ccnc2C)cc1. The van der Waals surface area contributed by atoms with Crippen molar-refractivity contribution in [2.75, 3.05) is 26.7 Å². The van der Waals surface area contributed by atoms with Crippen LogP contribution in [0, 0.1) is 6.92 Å². The van der Waals surface area contributed by atoms with Crippen molar-refractivity contribution < 1.29 is 14.3 Å². The lowest BCUT2D eigenvalue weighted by Crippen LogP contribution is -2.52. The van der Waals surface area contributed by atoms with Gasteiger partial charge in [0.25, 0.3) is 5.91 Å². The number of hydrogen-bond acceptors (Lipinski definition) is 4. The molecule has 0 spiro atoms. The van der Waals surface area contributed by atoms with Crippen LogP contribution in [0.15, 0.2) is 60.9 Å². The summed E-state index contributed by atoms with van der Waals surface area (Å²) in [6.45, 7) is 5.57. The first-order valence-corrected chi connectivity index (χ1v) is 10.7. The third kappa shape index (κ3) is 4.37. The standard InChI is InChI=1S/C25H28N4O3/c1-18-26-12-13-27(18)16-21-6-4-5-7-23(21)25(31)29-15-14-28(19(2)30)17-24(29)20-8-10-22(32-3)11-9-20/h4-13,24H,14-17H2,1-3H3. The Balaban J connectivity index is 1.66. The van der Waals surface area contributed by atoms with E-state index < -0.39 is 0 Å². The Morgan fingerprint density at radius 1 is 1.09 bits per heavy atom. The molecule has 2 heterocycles. The minimum atomic E-state index is -0.228. The second-order valence-electron chi connectivity index (χ2n) is 8.01. The second-order valence-corrected chi connectivity index (χ2v) is 8.01. The van der Waals surface area contributed by atoms with Crippen molar-refractivity contribution in [2.45, 2.75) is 26.4 Å². The summed E-state index contributed by atoms with van der Waals surface area (Å²) in [5, 5.41) is 0. The van der Waals surface area contributed by atoms with Crippen LogP contribution in [0.5, 0.6) is 5.75 Å². The molecule has 4 rings (SSSR count). The predicted octanol–water partition coefficient (Wildman–Crippen LogP) is 3.29. The van der Waals surface area contributed by atoms with E-state index in [0.717, 1.165) is 22.7 Å². The molecular formula is C25H28N4O3. The van der Waals surface area contributed by atoms with E-state index in [-0.39, 0.29) is 17.9 Å². The van der Waals surface area contributed by atoms with Crippen LogP contribution in [-0.2, 0) is 11.3 Å². The van der Waals surface area contributed by atoms with Gasteiger partial charge in [-0.25, -0.2) is 4.98 Å². The van der Waals surface area contributed by atoms with Gasteiger partial charge in [0.1, 0.15) is 11.6 Å². The van der Waals surface area contributed by atoms with E-state index in [1.54, 1.807) is 25.1 Å². The molecule has 7 nitrogen and oxygen atoms in total. The molecule has 3 aromatic rings. The summed E-state index contributed by atoms with van der Waals surface area (Å²) in [5.41, 5.74) is 2.60. The third-order valence-corrected chi connectivity index (χ3v) is 6.10. The van der Waals surface area contributed by atoms with Gasteiger partial charge in [-0.3, -0.25) is 9.59 Å². The Morgan fingerprint density at radius 2 is 1.84 bits per heavy atom. The highest BCUT2D eigenvalue weighted by molar-refractivity contribution is 5.96. The summed E-state index contributed by atoms with van der Waals surface area (Å²) in [5.74, 6) is 1.65. The van der Waals surface area contributed by atoms with Gasteiger partial charge in [0, 0.05) is 51.1 Å². The van der Waals surface area contributed by atoms with Crippen LogP contribution in [0.4, 0.5) is 0 Å². The van der Waals surface area contributed by atoms with Gasteiger partial charge in [0.2, 0.25) is 5.91 Å². The van der Waals surface area contributed by atoms with Crippen molar-refractivity contribution in [3.05, 3.63) is 83.4 Å². The molecule has 1 saturated heterocycles. The van der Waals surface area contributed by atoms with Crippen LogP contribution < -0.4 is 4.74 Å². The number of imidazole rings is 1. The van der Waals surface area contributed by atoms with Gasteiger partial charge in [0.15, 0.2) is 0 Å². The molecule has 7 heteroatoms. The number of benzene rings is 2. The smallest absolute Gasteiger partial charge is 0.254 e. The molecule has 166 valence electrons. The Morgan fingerprint density at radius 3 is 2.50 bits per heavy atom. The maximum atomic E-state index is 13.8. The summed E-state index contributed by atoms with van der Waals surface area (Å²) in [6, 6.07) is 15.2. The number of carbonyl (C=O) groups is 2. The fourth-order valence-electron chi connectivity index (χ4n) is 4.20. The van der Waals surface area contributed by atoms with Crippen molar-refractivity contribution in [3.8, 4) is 5.75 Å². The van der Waals surface area contributed by atoms with Crippen LogP contribution in [0.1, 0.15) is 40.3 Å². The first-order chi connectivity index (χ1) is 15.5. The zero-order valence-electron chi connectivity index (χ0n) is 18.7. The molecule has 32 heavy (non-hydrogen) atoms. The van der Waals surface area contributed by atoms with Crippen LogP contribution in [-0.4, -0.2) is 57.9 Å². The summed E-state index contributed by atoms with van der Waals surface area (Å²) < 4.78 is 7.31. The number of ether oxygens (including phenoxy) is 1. The number of rotatable bonds is 5. The largest absolute Gasteiger partial charge is 0.497 e. The lowest BCUT2D eigenvalue weighted by atomic mass is 9.99. The average Bonchev–Trinajstić information content (AvgIpc) is 3.23. The minimum Gasteiger partial charge on any atom is -0.497 e. The molecule has 2 aromatic carbocycles. The zero-order chi connectivity index (χ0) is 22.7. The van der Waals surface area contributed by atoms with Gasteiger partial charge in [-0.15, -0.1) is 0 Å². The molecule has 0 bridgehead atoms. The van der Waals surface area contributed by atoms with E-state index >= 15 is 0 Å².